The quantitative estimate of drug-likeness (QED) is 0.517. The Morgan fingerprint density at radius 3 is 2.54 bits per heavy atom. The number of hydrogen-bond donors (Lipinski definition) is 0. The van der Waals surface area contributed by atoms with Crippen LogP contribution < -0.4 is 10.3 Å². The number of fused-ring (bicyclic) bond motifs is 2. The van der Waals surface area contributed by atoms with E-state index in [1.165, 1.54) is 28.4 Å². The molecule has 6 nitrogen and oxygen atoms in total. The van der Waals surface area contributed by atoms with E-state index in [2.05, 4.69) is 10.2 Å². The van der Waals surface area contributed by atoms with Crippen molar-refractivity contribution in [3.63, 3.8) is 0 Å². The van der Waals surface area contributed by atoms with Crippen molar-refractivity contribution in [2.45, 2.75) is 13.0 Å². The molecule has 1 aliphatic rings. The summed E-state index contributed by atoms with van der Waals surface area (Å²) in [4.78, 5) is 27.9. The molecule has 2 aromatic heterocycles. The number of carbonyl (C=O) groups is 1. The van der Waals surface area contributed by atoms with E-state index in [0.29, 0.717) is 26.7 Å². The smallest absolute Gasteiger partial charge is 0.297 e. The van der Waals surface area contributed by atoms with E-state index in [9.17, 15) is 14.0 Å². The topological polar surface area (TPSA) is 76.3 Å². The monoisotopic (exact) mass is 393 g/mol. The molecule has 0 aliphatic carbocycles. The van der Waals surface area contributed by atoms with Crippen molar-refractivity contribution in [1.82, 2.24) is 10.2 Å². The van der Waals surface area contributed by atoms with E-state index in [1.807, 2.05) is 0 Å². The number of anilines is 1. The van der Waals surface area contributed by atoms with E-state index in [4.69, 9.17) is 4.42 Å². The highest BCUT2D eigenvalue weighted by molar-refractivity contribution is 7.15. The van der Waals surface area contributed by atoms with Gasteiger partial charge in [-0.05, 0) is 36.8 Å². The van der Waals surface area contributed by atoms with Gasteiger partial charge in [0.25, 0.3) is 5.91 Å². The zero-order valence-corrected chi connectivity index (χ0v) is 15.4. The number of rotatable bonds is 2. The molecule has 0 N–H and O–H groups in total. The minimum absolute atomic E-state index is 0.0223. The summed E-state index contributed by atoms with van der Waals surface area (Å²) in [7, 11) is 0. The predicted octanol–water partition coefficient (Wildman–Crippen LogP) is 3.84. The molecule has 0 unspecified atom stereocenters. The number of halogens is 1. The molecule has 138 valence electrons. The summed E-state index contributed by atoms with van der Waals surface area (Å²) in [5.41, 5.74) is 0.864. The summed E-state index contributed by atoms with van der Waals surface area (Å²) in [5.74, 6) is -0.897. The van der Waals surface area contributed by atoms with Gasteiger partial charge < -0.3 is 4.42 Å². The van der Waals surface area contributed by atoms with Crippen LogP contribution in [0.5, 0.6) is 0 Å². The molecule has 5 rings (SSSR count). The first kappa shape index (κ1) is 16.8. The lowest BCUT2D eigenvalue weighted by Gasteiger charge is -2.22. The Labute approximate surface area is 161 Å². The second-order valence-electron chi connectivity index (χ2n) is 6.40. The standard InChI is InChI=1S/C20H12FN3O3S/c1-10-22-23-20(28-10)24-16(11-6-8-12(21)9-7-11)15-17(25)13-4-2-3-5-14(13)27-18(15)19(24)26/h2-9,16H,1H3/t16-/m0/s1. The average molecular weight is 393 g/mol. The molecule has 0 saturated carbocycles. The Balaban J connectivity index is 1.82. The number of aromatic nitrogens is 2. The van der Waals surface area contributed by atoms with Crippen LogP contribution >= 0.6 is 11.3 Å². The Kier molecular flexibility index (Phi) is 3.63. The van der Waals surface area contributed by atoms with Gasteiger partial charge in [0, 0.05) is 0 Å². The fourth-order valence-electron chi connectivity index (χ4n) is 3.46. The largest absolute Gasteiger partial charge is 0.450 e. The van der Waals surface area contributed by atoms with E-state index in [1.54, 1.807) is 43.3 Å². The molecule has 0 spiro atoms. The SMILES string of the molecule is Cc1nnc(N2C(=O)c3oc4ccccc4c(=O)c3[C@@H]2c2ccc(F)cc2)s1. The van der Waals surface area contributed by atoms with Crippen LogP contribution in [-0.2, 0) is 0 Å². The lowest BCUT2D eigenvalue weighted by atomic mass is 9.99. The zero-order chi connectivity index (χ0) is 19.4. The second kappa shape index (κ2) is 6.07. The Morgan fingerprint density at radius 2 is 1.82 bits per heavy atom. The van der Waals surface area contributed by atoms with Crippen molar-refractivity contribution < 1.29 is 13.6 Å². The molecule has 0 saturated heterocycles. The van der Waals surface area contributed by atoms with Crippen LogP contribution in [0.4, 0.5) is 9.52 Å². The van der Waals surface area contributed by atoms with Crippen molar-refractivity contribution in [3.8, 4) is 0 Å². The number of nitrogens with zero attached hydrogens (tertiary/aromatic N) is 3. The third kappa shape index (κ3) is 2.38. The number of carbonyl (C=O) groups excluding carboxylic acids is 1. The van der Waals surface area contributed by atoms with Gasteiger partial charge in [0.05, 0.1) is 17.0 Å². The first-order chi connectivity index (χ1) is 13.5. The molecular weight excluding hydrogens is 381 g/mol. The van der Waals surface area contributed by atoms with Crippen LogP contribution in [0.25, 0.3) is 11.0 Å². The van der Waals surface area contributed by atoms with Gasteiger partial charge in [0.2, 0.25) is 10.9 Å². The third-order valence-electron chi connectivity index (χ3n) is 4.68. The molecule has 4 aromatic rings. The van der Waals surface area contributed by atoms with E-state index < -0.39 is 17.8 Å². The van der Waals surface area contributed by atoms with Crippen molar-refractivity contribution in [1.29, 1.82) is 0 Å². The normalized spacial score (nSPS) is 16.0. The molecule has 1 atom stereocenters. The highest BCUT2D eigenvalue weighted by Crippen LogP contribution is 2.41. The van der Waals surface area contributed by atoms with Crippen LogP contribution in [0.15, 0.2) is 57.7 Å². The van der Waals surface area contributed by atoms with Crippen LogP contribution in [0.3, 0.4) is 0 Å². The van der Waals surface area contributed by atoms with Crippen LogP contribution in [0.1, 0.15) is 32.7 Å². The summed E-state index contributed by atoms with van der Waals surface area (Å²) in [6.07, 6.45) is 0. The summed E-state index contributed by atoms with van der Waals surface area (Å²) < 4.78 is 19.3. The van der Waals surface area contributed by atoms with Crippen molar-refractivity contribution in [2.24, 2.45) is 0 Å². The maximum atomic E-state index is 13.5. The lowest BCUT2D eigenvalue weighted by molar-refractivity contribution is 0.0970. The van der Waals surface area contributed by atoms with Crippen LogP contribution in [-0.4, -0.2) is 16.1 Å². The first-order valence-corrected chi connectivity index (χ1v) is 9.31. The highest BCUT2D eigenvalue weighted by Gasteiger charge is 2.45. The lowest BCUT2D eigenvalue weighted by Crippen LogP contribution is -2.29. The van der Waals surface area contributed by atoms with Gasteiger partial charge in [-0.3, -0.25) is 14.5 Å². The minimum atomic E-state index is -0.767. The van der Waals surface area contributed by atoms with Gasteiger partial charge in [-0.2, -0.15) is 0 Å². The molecule has 1 amide bonds. The Hall–Kier alpha value is -3.39. The van der Waals surface area contributed by atoms with Crippen LogP contribution in [0, 0.1) is 12.7 Å². The molecule has 1 aliphatic heterocycles. The van der Waals surface area contributed by atoms with E-state index in [-0.39, 0.29) is 16.8 Å². The number of aryl methyl sites for hydroxylation is 1. The van der Waals surface area contributed by atoms with Crippen molar-refractivity contribution >= 4 is 33.3 Å². The number of benzene rings is 2. The Bertz CT molecular complexity index is 1300. The van der Waals surface area contributed by atoms with Gasteiger partial charge >= 0.3 is 0 Å². The number of para-hydroxylation sites is 1. The third-order valence-corrected chi connectivity index (χ3v) is 5.52. The fraction of sp³-hybridized carbons (Fsp3) is 0.100. The van der Waals surface area contributed by atoms with Gasteiger partial charge in [0.1, 0.15) is 16.4 Å². The minimum Gasteiger partial charge on any atom is -0.450 e. The molecule has 3 heterocycles. The van der Waals surface area contributed by atoms with Gasteiger partial charge in [-0.15, -0.1) is 10.2 Å². The predicted molar refractivity (Wildman–Crippen MR) is 102 cm³/mol. The van der Waals surface area contributed by atoms with Crippen molar-refractivity contribution in [2.75, 3.05) is 4.90 Å². The fourth-order valence-corrected chi connectivity index (χ4v) is 4.18. The molecule has 8 heteroatoms. The van der Waals surface area contributed by atoms with E-state index in [0.717, 1.165) is 0 Å². The zero-order valence-electron chi connectivity index (χ0n) is 14.5. The highest BCUT2D eigenvalue weighted by atomic mass is 32.1. The molecule has 2 aromatic carbocycles. The van der Waals surface area contributed by atoms with Gasteiger partial charge in [-0.25, -0.2) is 4.39 Å². The average Bonchev–Trinajstić information content (AvgIpc) is 3.24. The molecule has 0 radical (unpaired) electrons. The molecule has 0 bridgehead atoms. The van der Waals surface area contributed by atoms with Crippen LogP contribution in [0.2, 0.25) is 0 Å². The summed E-state index contributed by atoms with van der Waals surface area (Å²) in [6, 6.07) is 11.7. The number of hydrogen-bond acceptors (Lipinski definition) is 6. The summed E-state index contributed by atoms with van der Waals surface area (Å²) in [6.45, 7) is 1.78. The van der Waals surface area contributed by atoms with Gasteiger partial charge in [0.15, 0.2) is 5.43 Å². The van der Waals surface area contributed by atoms with Crippen molar-refractivity contribution in [3.05, 3.63) is 86.5 Å². The second-order valence-corrected chi connectivity index (χ2v) is 7.56. The maximum Gasteiger partial charge on any atom is 0.297 e. The Morgan fingerprint density at radius 1 is 1.07 bits per heavy atom. The first-order valence-electron chi connectivity index (χ1n) is 8.49. The molecule has 28 heavy (non-hydrogen) atoms. The molecule has 0 fully saturated rings. The summed E-state index contributed by atoms with van der Waals surface area (Å²) in [5, 5.41) is 9.48. The van der Waals surface area contributed by atoms with E-state index >= 15 is 0 Å². The summed E-state index contributed by atoms with van der Waals surface area (Å²) >= 11 is 1.24. The number of amides is 1. The maximum absolute atomic E-state index is 13.5. The molecular formula is C20H12FN3O3S. The van der Waals surface area contributed by atoms with Gasteiger partial charge in [-0.1, -0.05) is 35.6 Å².